The van der Waals surface area contributed by atoms with Crippen LogP contribution in [0.1, 0.15) is 22.8 Å². The van der Waals surface area contributed by atoms with Crippen molar-refractivity contribution in [3.8, 4) is 0 Å². The summed E-state index contributed by atoms with van der Waals surface area (Å²) in [5, 5.41) is 12.0. The standard InChI is InChI=1S/C16H16FNO2/c1-11(10-13-4-2-3-5-15(13)17)18-14-8-6-12(7-9-14)16(19)20/h2-9,11,18H,10H2,1H3,(H,19,20). The van der Waals surface area contributed by atoms with E-state index in [1.165, 1.54) is 6.07 Å². The average molecular weight is 273 g/mol. The van der Waals surface area contributed by atoms with Crippen LogP contribution in [0.25, 0.3) is 0 Å². The summed E-state index contributed by atoms with van der Waals surface area (Å²) >= 11 is 0. The van der Waals surface area contributed by atoms with Crippen molar-refractivity contribution in [3.63, 3.8) is 0 Å². The lowest BCUT2D eigenvalue weighted by atomic mass is 10.1. The lowest BCUT2D eigenvalue weighted by Gasteiger charge is -2.15. The molecule has 2 aromatic carbocycles. The number of nitrogens with one attached hydrogen (secondary N) is 1. The number of anilines is 1. The maximum atomic E-state index is 13.5. The zero-order valence-corrected chi connectivity index (χ0v) is 11.1. The van der Waals surface area contributed by atoms with E-state index in [1.54, 1.807) is 36.4 Å². The van der Waals surface area contributed by atoms with E-state index in [0.29, 0.717) is 12.0 Å². The molecule has 0 heterocycles. The Labute approximate surface area is 117 Å². The van der Waals surface area contributed by atoms with E-state index in [2.05, 4.69) is 5.32 Å². The second-order valence-electron chi connectivity index (χ2n) is 4.72. The van der Waals surface area contributed by atoms with E-state index >= 15 is 0 Å². The smallest absolute Gasteiger partial charge is 0.335 e. The van der Waals surface area contributed by atoms with Gasteiger partial charge in [0.2, 0.25) is 0 Å². The molecule has 1 atom stereocenters. The molecule has 0 aliphatic carbocycles. The fourth-order valence-corrected chi connectivity index (χ4v) is 2.04. The van der Waals surface area contributed by atoms with Crippen molar-refractivity contribution in [1.29, 1.82) is 0 Å². The van der Waals surface area contributed by atoms with Gasteiger partial charge in [0.05, 0.1) is 5.56 Å². The molecule has 0 bridgehead atoms. The molecule has 0 amide bonds. The maximum absolute atomic E-state index is 13.5. The van der Waals surface area contributed by atoms with E-state index in [4.69, 9.17) is 5.11 Å². The fraction of sp³-hybridized carbons (Fsp3) is 0.188. The Kier molecular flexibility index (Phi) is 4.35. The number of carbonyl (C=O) groups is 1. The van der Waals surface area contributed by atoms with Crippen LogP contribution in [0, 0.1) is 5.82 Å². The van der Waals surface area contributed by atoms with E-state index in [0.717, 1.165) is 5.69 Å². The van der Waals surface area contributed by atoms with Crippen LogP contribution in [0.3, 0.4) is 0 Å². The molecule has 2 aromatic rings. The third-order valence-corrected chi connectivity index (χ3v) is 3.03. The molecule has 0 radical (unpaired) electrons. The Balaban J connectivity index is 1.99. The zero-order valence-electron chi connectivity index (χ0n) is 11.1. The molecule has 0 aromatic heterocycles. The molecular formula is C16H16FNO2. The number of carboxylic acids is 1. The number of hydrogen-bond acceptors (Lipinski definition) is 2. The Hall–Kier alpha value is -2.36. The first-order valence-corrected chi connectivity index (χ1v) is 6.39. The summed E-state index contributed by atoms with van der Waals surface area (Å²) in [7, 11) is 0. The van der Waals surface area contributed by atoms with Crippen LogP contribution >= 0.6 is 0 Å². The predicted molar refractivity (Wildman–Crippen MR) is 76.6 cm³/mol. The van der Waals surface area contributed by atoms with Gasteiger partial charge in [-0.15, -0.1) is 0 Å². The first kappa shape index (κ1) is 14.1. The van der Waals surface area contributed by atoms with Gasteiger partial charge in [0.15, 0.2) is 0 Å². The van der Waals surface area contributed by atoms with Crippen LogP contribution in [0.5, 0.6) is 0 Å². The second-order valence-corrected chi connectivity index (χ2v) is 4.72. The average Bonchev–Trinajstić information content (AvgIpc) is 2.42. The molecule has 0 saturated heterocycles. The quantitative estimate of drug-likeness (QED) is 0.875. The molecule has 2 rings (SSSR count). The number of rotatable bonds is 5. The van der Waals surface area contributed by atoms with Gasteiger partial charge in [-0.05, 0) is 49.2 Å². The first-order valence-electron chi connectivity index (χ1n) is 6.39. The van der Waals surface area contributed by atoms with Crippen molar-refractivity contribution in [2.24, 2.45) is 0 Å². The van der Waals surface area contributed by atoms with E-state index in [9.17, 15) is 9.18 Å². The Morgan fingerprint density at radius 1 is 1.20 bits per heavy atom. The second kappa shape index (κ2) is 6.19. The Bertz CT molecular complexity index is 596. The van der Waals surface area contributed by atoms with Gasteiger partial charge in [-0.25, -0.2) is 9.18 Å². The monoisotopic (exact) mass is 273 g/mol. The van der Waals surface area contributed by atoms with Crippen molar-refractivity contribution in [2.45, 2.75) is 19.4 Å². The summed E-state index contributed by atoms with van der Waals surface area (Å²) in [6.07, 6.45) is 0.563. The molecule has 20 heavy (non-hydrogen) atoms. The molecule has 0 fully saturated rings. The van der Waals surface area contributed by atoms with Crippen LogP contribution < -0.4 is 5.32 Å². The lowest BCUT2D eigenvalue weighted by Crippen LogP contribution is -2.18. The van der Waals surface area contributed by atoms with Crippen LogP contribution in [0.2, 0.25) is 0 Å². The molecule has 3 nitrogen and oxygen atoms in total. The third kappa shape index (κ3) is 3.57. The first-order chi connectivity index (χ1) is 9.56. The molecule has 104 valence electrons. The van der Waals surface area contributed by atoms with Crippen molar-refractivity contribution in [1.82, 2.24) is 0 Å². The van der Waals surface area contributed by atoms with Gasteiger partial charge >= 0.3 is 5.97 Å². The van der Waals surface area contributed by atoms with E-state index < -0.39 is 5.97 Å². The maximum Gasteiger partial charge on any atom is 0.335 e. The molecule has 0 aliphatic rings. The Morgan fingerprint density at radius 3 is 2.45 bits per heavy atom. The minimum Gasteiger partial charge on any atom is -0.478 e. The topological polar surface area (TPSA) is 49.3 Å². The Morgan fingerprint density at radius 2 is 1.85 bits per heavy atom. The largest absolute Gasteiger partial charge is 0.478 e. The van der Waals surface area contributed by atoms with Gasteiger partial charge in [-0.1, -0.05) is 18.2 Å². The van der Waals surface area contributed by atoms with Gasteiger partial charge < -0.3 is 10.4 Å². The number of hydrogen-bond donors (Lipinski definition) is 2. The van der Waals surface area contributed by atoms with Gasteiger partial charge in [0.1, 0.15) is 5.82 Å². The van der Waals surface area contributed by atoms with Crippen molar-refractivity contribution in [3.05, 3.63) is 65.5 Å². The summed E-state index contributed by atoms with van der Waals surface area (Å²) < 4.78 is 13.5. The highest BCUT2D eigenvalue weighted by Crippen LogP contribution is 2.14. The minimum absolute atomic E-state index is 0.0441. The molecule has 0 aliphatic heterocycles. The summed E-state index contributed by atoms with van der Waals surface area (Å²) in [6.45, 7) is 1.96. The van der Waals surface area contributed by atoms with E-state index in [1.807, 2.05) is 13.0 Å². The number of halogens is 1. The van der Waals surface area contributed by atoms with Gasteiger partial charge in [0, 0.05) is 11.7 Å². The van der Waals surface area contributed by atoms with Crippen molar-refractivity contribution >= 4 is 11.7 Å². The summed E-state index contributed by atoms with van der Waals surface area (Å²) in [5.41, 5.74) is 1.73. The van der Waals surface area contributed by atoms with Crippen molar-refractivity contribution in [2.75, 3.05) is 5.32 Å². The molecule has 2 N–H and O–H groups in total. The van der Waals surface area contributed by atoms with Crippen LogP contribution in [-0.4, -0.2) is 17.1 Å². The van der Waals surface area contributed by atoms with E-state index in [-0.39, 0.29) is 17.4 Å². The highest BCUT2D eigenvalue weighted by Gasteiger charge is 2.08. The van der Waals surface area contributed by atoms with Gasteiger partial charge in [-0.3, -0.25) is 0 Å². The minimum atomic E-state index is -0.948. The van der Waals surface area contributed by atoms with Gasteiger partial charge in [0.25, 0.3) is 0 Å². The number of aromatic carboxylic acids is 1. The molecule has 0 spiro atoms. The SMILES string of the molecule is CC(Cc1ccccc1F)Nc1ccc(C(=O)O)cc1. The summed E-state index contributed by atoms with van der Waals surface area (Å²) in [5.74, 6) is -1.15. The zero-order chi connectivity index (χ0) is 14.5. The molecule has 0 saturated carbocycles. The van der Waals surface area contributed by atoms with Crippen LogP contribution in [-0.2, 0) is 6.42 Å². The number of benzene rings is 2. The highest BCUT2D eigenvalue weighted by atomic mass is 19.1. The molecule has 1 unspecified atom stereocenters. The number of carboxylic acid groups (broad SMARTS) is 1. The normalized spacial score (nSPS) is 11.9. The van der Waals surface area contributed by atoms with Crippen LogP contribution in [0.4, 0.5) is 10.1 Å². The summed E-state index contributed by atoms with van der Waals surface area (Å²) in [6, 6.07) is 13.2. The van der Waals surface area contributed by atoms with Gasteiger partial charge in [-0.2, -0.15) is 0 Å². The fourth-order valence-electron chi connectivity index (χ4n) is 2.04. The lowest BCUT2D eigenvalue weighted by molar-refractivity contribution is 0.0697. The third-order valence-electron chi connectivity index (χ3n) is 3.03. The molecular weight excluding hydrogens is 257 g/mol. The van der Waals surface area contributed by atoms with Crippen LogP contribution in [0.15, 0.2) is 48.5 Å². The molecule has 4 heteroatoms. The highest BCUT2D eigenvalue weighted by molar-refractivity contribution is 5.87. The van der Waals surface area contributed by atoms with Crippen molar-refractivity contribution < 1.29 is 14.3 Å². The summed E-state index contributed by atoms with van der Waals surface area (Å²) in [4.78, 5) is 10.8. The predicted octanol–water partition coefficient (Wildman–Crippen LogP) is 3.57.